The number of amides is 1. The second kappa shape index (κ2) is 8.83. The molecule has 166 valence electrons. The Balaban J connectivity index is 1.63. The van der Waals surface area contributed by atoms with Crippen LogP contribution >= 0.6 is 11.6 Å². The minimum Gasteiger partial charge on any atom is -0.475 e. The number of hydrogen-bond donors (Lipinski definition) is 1. The zero-order valence-electron chi connectivity index (χ0n) is 17.5. The number of anilines is 2. The molecular weight excluding hydrogens is 436 g/mol. The van der Waals surface area contributed by atoms with E-state index in [-0.39, 0.29) is 42.3 Å². The Morgan fingerprint density at radius 2 is 2.12 bits per heavy atom. The molecule has 11 heteroatoms. The molecule has 3 aromatic rings. The summed E-state index contributed by atoms with van der Waals surface area (Å²) in [5.41, 5.74) is 8.82. The van der Waals surface area contributed by atoms with E-state index in [1.165, 1.54) is 15.9 Å². The van der Waals surface area contributed by atoms with Crippen molar-refractivity contribution in [3.63, 3.8) is 0 Å². The third kappa shape index (κ3) is 4.09. The fourth-order valence-corrected chi connectivity index (χ4v) is 3.78. The molecule has 4 rings (SSSR count). The minimum absolute atomic E-state index is 0.00949. The van der Waals surface area contributed by atoms with Gasteiger partial charge >= 0.3 is 5.97 Å². The summed E-state index contributed by atoms with van der Waals surface area (Å²) < 4.78 is 12.1. The Morgan fingerprint density at radius 1 is 1.31 bits per heavy atom. The van der Waals surface area contributed by atoms with Crippen LogP contribution in [0.4, 0.5) is 11.5 Å². The van der Waals surface area contributed by atoms with Crippen LogP contribution in [-0.2, 0) is 16.1 Å². The Kier molecular flexibility index (Phi) is 5.95. The monoisotopic (exact) mass is 456 g/mol. The normalized spacial score (nSPS) is 13.3. The maximum atomic E-state index is 13.1. The zero-order valence-corrected chi connectivity index (χ0v) is 18.3. The van der Waals surface area contributed by atoms with E-state index < -0.39 is 0 Å². The first kappa shape index (κ1) is 21.6. The average Bonchev–Trinajstić information content (AvgIpc) is 3.00. The average molecular weight is 457 g/mol. The SMILES string of the molecule is CCOC(=O)Cn1cc(-c2ccc(N3CCOc4ncnc(N)c4C3=O)cc2Cl)c(C)n1. The molecule has 1 aliphatic rings. The molecule has 0 radical (unpaired) electrons. The molecule has 0 atom stereocenters. The van der Waals surface area contributed by atoms with E-state index in [0.717, 1.165) is 11.1 Å². The van der Waals surface area contributed by atoms with Crippen LogP contribution in [0, 0.1) is 6.92 Å². The van der Waals surface area contributed by atoms with Crippen LogP contribution in [-0.4, -0.2) is 51.4 Å². The van der Waals surface area contributed by atoms with Gasteiger partial charge in [-0.25, -0.2) is 9.97 Å². The predicted molar refractivity (Wildman–Crippen MR) is 118 cm³/mol. The number of rotatable bonds is 5. The number of ether oxygens (including phenoxy) is 2. The molecule has 0 unspecified atom stereocenters. The van der Waals surface area contributed by atoms with E-state index in [0.29, 0.717) is 29.6 Å². The lowest BCUT2D eigenvalue weighted by Gasteiger charge is -2.21. The summed E-state index contributed by atoms with van der Waals surface area (Å²) in [5, 5.41) is 4.80. The fraction of sp³-hybridized carbons (Fsp3) is 0.286. The summed E-state index contributed by atoms with van der Waals surface area (Å²) in [6, 6.07) is 5.29. The standard InChI is InChI=1S/C21H21ClN6O4/c1-3-31-17(29)10-27-9-15(12(2)26-27)14-5-4-13(8-16(14)22)28-6-7-32-20-18(21(28)30)19(23)24-11-25-20/h4-5,8-9,11H,3,6-7,10H2,1-2H3,(H2,23,24,25). The van der Waals surface area contributed by atoms with Gasteiger partial charge in [0.15, 0.2) is 0 Å². The van der Waals surface area contributed by atoms with Crippen LogP contribution in [0.2, 0.25) is 5.02 Å². The number of benzene rings is 1. The molecule has 0 saturated heterocycles. The summed E-state index contributed by atoms with van der Waals surface area (Å²) in [6.07, 6.45) is 3.00. The van der Waals surface area contributed by atoms with Crippen LogP contribution in [0.15, 0.2) is 30.7 Å². The summed E-state index contributed by atoms with van der Waals surface area (Å²) in [5.74, 6) is -0.511. The first-order valence-electron chi connectivity index (χ1n) is 9.93. The summed E-state index contributed by atoms with van der Waals surface area (Å²) >= 11 is 6.59. The molecule has 1 aromatic carbocycles. The van der Waals surface area contributed by atoms with E-state index >= 15 is 0 Å². The third-order valence-electron chi connectivity index (χ3n) is 4.95. The molecule has 0 saturated carbocycles. The number of carbonyl (C=O) groups is 2. The van der Waals surface area contributed by atoms with Crippen LogP contribution in [0.1, 0.15) is 23.0 Å². The summed E-state index contributed by atoms with van der Waals surface area (Å²) in [6.45, 7) is 4.43. The number of esters is 1. The molecule has 32 heavy (non-hydrogen) atoms. The highest BCUT2D eigenvalue weighted by atomic mass is 35.5. The minimum atomic E-state index is -0.367. The van der Waals surface area contributed by atoms with Gasteiger partial charge in [-0.3, -0.25) is 14.3 Å². The van der Waals surface area contributed by atoms with Gasteiger partial charge in [-0.1, -0.05) is 17.7 Å². The van der Waals surface area contributed by atoms with Crippen molar-refractivity contribution in [1.29, 1.82) is 0 Å². The van der Waals surface area contributed by atoms with Crippen molar-refractivity contribution in [1.82, 2.24) is 19.7 Å². The number of aryl methyl sites for hydroxylation is 1. The quantitative estimate of drug-likeness (QED) is 0.580. The highest BCUT2D eigenvalue weighted by Crippen LogP contribution is 2.35. The first-order valence-corrected chi connectivity index (χ1v) is 10.3. The molecule has 2 aromatic heterocycles. The number of nitrogens with two attached hydrogens (primary N) is 1. The fourth-order valence-electron chi connectivity index (χ4n) is 3.50. The first-order chi connectivity index (χ1) is 15.4. The lowest BCUT2D eigenvalue weighted by Crippen LogP contribution is -2.32. The van der Waals surface area contributed by atoms with E-state index in [4.69, 9.17) is 26.8 Å². The van der Waals surface area contributed by atoms with Gasteiger partial charge in [-0.2, -0.15) is 5.10 Å². The largest absolute Gasteiger partial charge is 0.475 e. The van der Waals surface area contributed by atoms with Crippen molar-refractivity contribution in [3.8, 4) is 17.0 Å². The Morgan fingerprint density at radius 3 is 2.88 bits per heavy atom. The van der Waals surface area contributed by atoms with E-state index in [9.17, 15) is 9.59 Å². The van der Waals surface area contributed by atoms with Crippen molar-refractivity contribution in [2.45, 2.75) is 20.4 Å². The number of carbonyl (C=O) groups excluding carboxylic acids is 2. The number of nitrogen functional groups attached to an aromatic ring is 1. The van der Waals surface area contributed by atoms with Gasteiger partial charge in [-0.05, 0) is 26.0 Å². The molecule has 10 nitrogen and oxygen atoms in total. The second-order valence-electron chi connectivity index (χ2n) is 7.04. The van der Waals surface area contributed by atoms with Crippen molar-refractivity contribution >= 4 is 35.0 Å². The number of nitrogens with zero attached hydrogens (tertiary/aromatic N) is 5. The van der Waals surface area contributed by atoms with Crippen molar-refractivity contribution in [2.24, 2.45) is 0 Å². The summed E-state index contributed by atoms with van der Waals surface area (Å²) in [7, 11) is 0. The van der Waals surface area contributed by atoms with Gasteiger partial charge in [0.1, 0.15) is 30.9 Å². The lowest BCUT2D eigenvalue weighted by atomic mass is 10.1. The maximum absolute atomic E-state index is 13.1. The van der Waals surface area contributed by atoms with Gasteiger partial charge in [0.25, 0.3) is 5.91 Å². The van der Waals surface area contributed by atoms with Crippen LogP contribution in [0.25, 0.3) is 11.1 Å². The van der Waals surface area contributed by atoms with E-state index in [2.05, 4.69) is 15.1 Å². The zero-order chi connectivity index (χ0) is 22.8. The molecule has 0 fully saturated rings. The molecule has 1 aliphatic heterocycles. The van der Waals surface area contributed by atoms with Crippen LogP contribution < -0.4 is 15.4 Å². The van der Waals surface area contributed by atoms with Gasteiger partial charge in [-0.15, -0.1) is 0 Å². The van der Waals surface area contributed by atoms with Crippen molar-refractivity contribution in [3.05, 3.63) is 47.0 Å². The van der Waals surface area contributed by atoms with Crippen molar-refractivity contribution in [2.75, 3.05) is 30.4 Å². The molecule has 0 aliphatic carbocycles. The highest BCUT2D eigenvalue weighted by molar-refractivity contribution is 6.33. The molecule has 0 spiro atoms. The topological polar surface area (TPSA) is 125 Å². The molecule has 0 bridgehead atoms. The van der Waals surface area contributed by atoms with Crippen LogP contribution in [0.5, 0.6) is 5.88 Å². The molecule has 1 amide bonds. The van der Waals surface area contributed by atoms with Gasteiger partial charge in [0, 0.05) is 23.0 Å². The Bertz CT molecular complexity index is 1200. The number of aromatic nitrogens is 4. The summed E-state index contributed by atoms with van der Waals surface area (Å²) in [4.78, 5) is 34.3. The van der Waals surface area contributed by atoms with Crippen LogP contribution in [0.3, 0.4) is 0 Å². The molecule has 2 N–H and O–H groups in total. The Hall–Kier alpha value is -3.66. The highest BCUT2D eigenvalue weighted by Gasteiger charge is 2.29. The van der Waals surface area contributed by atoms with E-state index in [1.807, 2.05) is 6.92 Å². The van der Waals surface area contributed by atoms with Crippen molar-refractivity contribution < 1.29 is 19.1 Å². The molecule has 3 heterocycles. The molecular formula is C21H21ClN6O4. The number of hydrogen-bond acceptors (Lipinski definition) is 8. The van der Waals surface area contributed by atoms with Gasteiger partial charge < -0.3 is 20.1 Å². The number of halogens is 1. The van der Waals surface area contributed by atoms with Gasteiger partial charge in [0.2, 0.25) is 5.88 Å². The third-order valence-corrected chi connectivity index (χ3v) is 5.26. The Labute approximate surface area is 188 Å². The van der Waals surface area contributed by atoms with E-state index in [1.54, 1.807) is 31.3 Å². The van der Waals surface area contributed by atoms with Gasteiger partial charge in [0.05, 0.1) is 23.9 Å². The second-order valence-corrected chi connectivity index (χ2v) is 7.45. The lowest BCUT2D eigenvalue weighted by molar-refractivity contribution is -0.144. The number of fused-ring (bicyclic) bond motifs is 1. The predicted octanol–water partition coefficient (Wildman–Crippen LogP) is 2.49. The smallest absolute Gasteiger partial charge is 0.327 e. The maximum Gasteiger partial charge on any atom is 0.327 e.